The van der Waals surface area contributed by atoms with Gasteiger partial charge in [0.2, 0.25) is 0 Å². The minimum Gasteiger partial charge on any atom is -0.458 e. The van der Waals surface area contributed by atoms with Crippen molar-refractivity contribution in [2.45, 2.75) is 197 Å². The van der Waals surface area contributed by atoms with Crippen LogP contribution in [0.25, 0.3) is 0 Å². The number of carbonyl (C=O) groups excluding carboxylic acids is 1. The first-order valence-corrected chi connectivity index (χ1v) is 20.9. The van der Waals surface area contributed by atoms with Crippen molar-refractivity contribution in [1.29, 1.82) is 0 Å². The first-order valence-electron chi connectivity index (χ1n) is 20.9. The van der Waals surface area contributed by atoms with Crippen LogP contribution in [0, 0.1) is 34.5 Å². The van der Waals surface area contributed by atoms with E-state index in [9.17, 15) is 35.4 Å². The molecule has 6 N–H and O–H groups in total. The SMILES string of the molecule is CC1OC(O[C@@H]2C(O)CC(O[C@@H]3C(O)C[C@@H](OC4CC[C@]5(C)[C@H](CC[C@H]6[C@@H]5CC[C@]5(C)C(C7=CC(=O)OC7)C(O)C[C@@]65O)C4)OC3C)OC2C)CC(O)C1O. The van der Waals surface area contributed by atoms with Gasteiger partial charge in [-0.3, -0.25) is 0 Å². The van der Waals surface area contributed by atoms with Crippen LogP contribution >= 0.6 is 0 Å². The normalized spacial score (nSPS) is 55.5. The van der Waals surface area contributed by atoms with Gasteiger partial charge >= 0.3 is 5.97 Å². The summed E-state index contributed by atoms with van der Waals surface area (Å²) in [6.07, 6.45) is -1.26. The minimum absolute atomic E-state index is 0.0203. The number of esters is 1. The number of ether oxygens (including phenoxy) is 7. The van der Waals surface area contributed by atoms with Crippen molar-refractivity contribution < 1.29 is 68.6 Å². The quantitative estimate of drug-likeness (QED) is 0.162. The first kappa shape index (κ1) is 40.5. The molecule has 4 aliphatic heterocycles. The van der Waals surface area contributed by atoms with Gasteiger partial charge in [-0.05, 0) is 94.5 Å². The van der Waals surface area contributed by atoms with E-state index in [0.29, 0.717) is 18.3 Å². The average Bonchev–Trinajstić information content (AvgIpc) is 3.62. The summed E-state index contributed by atoms with van der Waals surface area (Å²) >= 11 is 0. The average molecular weight is 781 g/mol. The third-order valence-corrected chi connectivity index (χ3v) is 15.8. The van der Waals surface area contributed by atoms with Gasteiger partial charge in [-0.25, -0.2) is 4.79 Å². The van der Waals surface area contributed by atoms with Crippen molar-refractivity contribution in [2.24, 2.45) is 34.5 Å². The molecule has 4 saturated carbocycles. The highest BCUT2D eigenvalue weighted by atomic mass is 16.7. The van der Waals surface area contributed by atoms with Gasteiger partial charge in [0, 0.05) is 43.1 Å². The van der Waals surface area contributed by atoms with Crippen LogP contribution in [0.4, 0.5) is 0 Å². The van der Waals surface area contributed by atoms with Crippen molar-refractivity contribution in [3.8, 4) is 0 Å². The van der Waals surface area contributed by atoms with Crippen molar-refractivity contribution in [3.63, 3.8) is 0 Å². The number of aliphatic hydroxyl groups excluding tert-OH is 5. The monoisotopic (exact) mass is 780 g/mol. The van der Waals surface area contributed by atoms with Crippen LogP contribution in [-0.2, 0) is 38.0 Å². The number of hydrogen-bond donors (Lipinski definition) is 6. The Balaban J connectivity index is 0.834. The lowest BCUT2D eigenvalue weighted by atomic mass is 9.43. The highest BCUT2D eigenvalue weighted by Crippen LogP contribution is 2.70. The fourth-order valence-corrected chi connectivity index (χ4v) is 12.9. The second-order valence-corrected chi connectivity index (χ2v) is 18.9. The zero-order valence-electron chi connectivity index (χ0n) is 32.9. The van der Waals surface area contributed by atoms with Crippen molar-refractivity contribution in [1.82, 2.24) is 0 Å². The van der Waals surface area contributed by atoms with Gasteiger partial charge in [0.1, 0.15) is 24.9 Å². The Morgan fingerprint density at radius 1 is 0.691 bits per heavy atom. The lowest BCUT2D eigenvalue weighted by molar-refractivity contribution is -0.336. The summed E-state index contributed by atoms with van der Waals surface area (Å²) in [5.74, 6) is 0.174. The molecule has 8 aliphatic rings. The minimum atomic E-state index is -1.01. The first-order chi connectivity index (χ1) is 26.0. The molecule has 0 amide bonds. The molecule has 7 fully saturated rings. The fraction of sp³-hybridized carbons (Fsp3) is 0.927. The van der Waals surface area contributed by atoms with Crippen LogP contribution in [0.2, 0.25) is 0 Å². The predicted octanol–water partition coefficient (Wildman–Crippen LogP) is 2.22. The summed E-state index contributed by atoms with van der Waals surface area (Å²) in [7, 11) is 0. The topological polar surface area (TPSA) is 203 Å². The van der Waals surface area contributed by atoms with Crippen LogP contribution in [0.15, 0.2) is 11.6 Å². The highest BCUT2D eigenvalue weighted by Gasteiger charge is 2.70. The van der Waals surface area contributed by atoms with E-state index in [1.165, 1.54) is 6.08 Å². The Labute approximate surface area is 323 Å². The molecule has 0 radical (unpaired) electrons. The molecule has 4 heterocycles. The van der Waals surface area contributed by atoms with Crippen LogP contribution in [0.3, 0.4) is 0 Å². The van der Waals surface area contributed by atoms with Crippen LogP contribution in [0.5, 0.6) is 0 Å². The van der Waals surface area contributed by atoms with E-state index in [2.05, 4.69) is 13.8 Å². The largest absolute Gasteiger partial charge is 0.458 e. The molecule has 312 valence electrons. The lowest BCUT2D eigenvalue weighted by Crippen LogP contribution is -2.62. The molecule has 21 atom stereocenters. The maximum atomic E-state index is 12.6. The van der Waals surface area contributed by atoms with Crippen molar-refractivity contribution in [2.75, 3.05) is 6.61 Å². The van der Waals surface area contributed by atoms with Crippen LogP contribution in [0.1, 0.15) is 105 Å². The fourth-order valence-electron chi connectivity index (χ4n) is 12.9. The van der Waals surface area contributed by atoms with E-state index in [-0.39, 0.29) is 55.2 Å². The number of hydrogen-bond acceptors (Lipinski definition) is 14. The molecule has 0 bridgehead atoms. The molecule has 0 spiro atoms. The number of carbonyl (C=O) groups is 1. The zero-order valence-corrected chi connectivity index (χ0v) is 32.9. The standard InChI is InChI=1S/C41H64O14/c1-19-36(47)27(42)14-33(50-19)54-38-21(3)52-34(16-29(38)44)55-37-20(2)51-32(15-28(37)43)53-24-8-10-39(4)23(13-24)6-7-26-25(39)9-11-40(5)35(22-12-31(46)49-18-22)30(45)17-41(26,40)48/h12,19-21,23-30,32-38,42-45,47-48H,6-11,13-18H2,1-5H3/t19?,20?,21?,23-,24?,25+,26+,27?,28?,29?,30?,32-,33?,34?,35?,36?,37+,38+,39-,40-,41-/m1/s1. The van der Waals surface area contributed by atoms with E-state index in [4.69, 9.17) is 33.2 Å². The summed E-state index contributed by atoms with van der Waals surface area (Å²) in [4.78, 5) is 12.0. The third-order valence-electron chi connectivity index (χ3n) is 15.8. The summed E-state index contributed by atoms with van der Waals surface area (Å²) < 4.78 is 42.1. The molecule has 0 aromatic heterocycles. The van der Waals surface area contributed by atoms with Gasteiger partial charge in [0.05, 0.1) is 54.4 Å². The lowest BCUT2D eigenvalue weighted by Gasteiger charge is -2.63. The third kappa shape index (κ3) is 7.05. The Kier molecular flexibility index (Phi) is 11.1. The zero-order chi connectivity index (χ0) is 39.2. The summed E-state index contributed by atoms with van der Waals surface area (Å²) in [5.41, 5.74) is -0.686. The van der Waals surface area contributed by atoms with Crippen LogP contribution in [-0.4, -0.2) is 135 Å². The van der Waals surface area contributed by atoms with E-state index in [1.54, 1.807) is 13.8 Å². The molecule has 12 unspecified atom stereocenters. The Hall–Kier alpha value is -1.27. The van der Waals surface area contributed by atoms with E-state index >= 15 is 0 Å². The number of aliphatic hydroxyl groups is 6. The van der Waals surface area contributed by atoms with Crippen molar-refractivity contribution >= 4 is 5.97 Å². The molecular formula is C41H64O14. The molecule has 0 aromatic rings. The number of cyclic esters (lactones) is 1. The van der Waals surface area contributed by atoms with Gasteiger partial charge in [0.15, 0.2) is 18.9 Å². The summed E-state index contributed by atoms with van der Waals surface area (Å²) in [5, 5.41) is 66.3. The smallest absolute Gasteiger partial charge is 0.331 e. The van der Waals surface area contributed by atoms with Crippen LogP contribution < -0.4 is 0 Å². The Bertz CT molecular complexity index is 1410. The molecule has 0 aromatic carbocycles. The van der Waals surface area contributed by atoms with Crippen molar-refractivity contribution in [3.05, 3.63) is 11.6 Å². The Morgan fingerprint density at radius 2 is 1.29 bits per heavy atom. The molecule has 14 nitrogen and oxygen atoms in total. The van der Waals surface area contributed by atoms with Gasteiger partial charge in [-0.1, -0.05) is 13.8 Å². The number of fused-ring (bicyclic) bond motifs is 5. The molecule has 8 rings (SSSR count). The van der Waals surface area contributed by atoms with E-state index in [0.717, 1.165) is 50.5 Å². The van der Waals surface area contributed by atoms with Gasteiger partial charge in [0.25, 0.3) is 0 Å². The van der Waals surface area contributed by atoms with Gasteiger partial charge in [-0.2, -0.15) is 0 Å². The predicted molar refractivity (Wildman–Crippen MR) is 193 cm³/mol. The molecule has 14 heteroatoms. The highest BCUT2D eigenvalue weighted by molar-refractivity contribution is 5.85. The maximum absolute atomic E-state index is 12.6. The maximum Gasteiger partial charge on any atom is 0.331 e. The molecule has 55 heavy (non-hydrogen) atoms. The molecular weight excluding hydrogens is 716 g/mol. The number of rotatable bonds is 7. The second kappa shape index (κ2) is 15.1. The molecule has 4 aliphatic carbocycles. The van der Waals surface area contributed by atoms with Gasteiger partial charge in [-0.15, -0.1) is 0 Å². The molecule has 3 saturated heterocycles. The second-order valence-electron chi connectivity index (χ2n) is 18.9. The summed E-state index contributed by atoms with van der Waals surface area (Å²) in [6.45, 7) is 9.98. The Morgan fingerprint density at radius 3 is 1.87 bits per heavy atom. The van der Waals surface area contributed by atoms with E-state index < -0.39 is 90.9 Å². The van der Waals surface area contributed by atoms with Gasteiger partial charge < -0.3 is 63.8 Å². The summed E-state index contributed by atoms with van der Waals surface area (Å²) in [6, 6.07) is 0. The van der Waals surface area contributed by atoms with E-state index in [1.807, 2.05) is 6.92 Å².